The van der Waals surface area contributed by atoms with E-state index in [4.69, 9.17) is 5.73 Å². The molecule has 1 aliphatic carbocycles. The van der Waals surface area contributed by atoms with Gasteiger partial charge in [-0.2, -0.15) is 0 Å². The van der Waals surface area contributed by atoms with Gasteiger partial charge in [0.2, 0.25) is 0 Å². The lowest BCUT2D eigenvalue weighted by atomic mass is 9.99. The van der Waals surface area contributed by atoms with Gasteiger partial charge in [0.15, 0.2) is 0 Å². The summed E-state index contributed by atoms with van der Waals surface area (Å²) in [6.45, 7) is 5.77. The number of carboxylic acid groups (broad SMARTS) is 1. The first-order valence-electron chi connectivity index (χ1n) is 11.8. The number of hydrogen-bond acceptors (Lipinski definition) is 3. The molecule has 0 heterocycles. The van der Waals surface area contributed by atoms with Gasteiger partial charge in [-0.1, -0.05) is 97.9 Å². The molecule has 0 aliphatic heterocycles. The van der Waals surface area contributed by atoms with E-state index >= 15 is 0 Å². The number of nitrogens with two attached hydrogens (primary N) is 1. The third kappa shape index (κ3) is 7.55. The van der Waals surface area contributed by atoms with Gasteiger partial charge in [0, 0.05) is 25.2 Å². The molecule has 1 aliphatic rings. The van der Waals surface area contributed by atoms with Crippen molar-refractivity contribution in [2.45, 2.75) is 51.9 Å². The van der Waals surface area contributed by atoms with Gasteiger partial charge in [-0.3, -0.25) is 9.69 Å². The molecule has 0 radical (unpaired) electrons. The van der Waals surface area contributed by atoms with Crippen LogP contribution in [-0.2, 0) is 17.9 Å². The predicted molar refractivity (Wildman–Crippen MR) is 134 cm³/mol. The Bertz CT molecular complexity index is 919. The van der Waals surface area contributed by atoms with E-state index in [9.17, 15) is 9.90 Å². The Balaban J connectivity index is 0.000000286. The Labute approximate surface area is 198 Å². The van der Waals surface area contributed by atoms with Crippen LogP contribution < -0.4 is 5.73 Å². The van der Waals surface area contributed by atoms with E-state index in [1.165, 1.54) is 16.7 Å². The molecule has 0 amide bonds. The summed E-state index contributed by atoms with van der Waals surface area (Å²) in [6.07, 6.45) is 1.70. The molecule has 0 spiro atoms. The minimum absolute atomic E-state index is 0.159. The van der Waals surface area contributed by atoms with Gasteiger partial charge in [-0.05, 0) is 42.4 Å². The van der Waals surface area contributed by atoms with Crippen LogP contribution in [-0.4, -0.2) is 22.0 Å². The maximum absolute atomic E-state index is 11.5. The van der Waals surface area contributed by atoms with Crippen molar-refractivity contribution in [1.29, 1.82) is 0 Å². The first kappa shape index (κ1) is 24.7. The van der Waals surface area contributed by atoms with Crippen LogP contribution >= 0.6 is 0 Å². The molecule has 3 aromatic rings. The average molecular weight is 445 g/mol. The lowest BCUT2D eigenvalue weighted by Gasteiger charge is -2.29. The zero-order valence-electron chi connectivity index (χ0n) is 19.7. The van der Waals surface area contributed by atoms with Crippen LogP contribution in [0.25, 0.3) is 0 Å². The Kier molecular flexibility index (Phi) is 9.23. The van der Waals surface area contributed by atoms with Crippen molar-refractivity contribution in [2.75, 3.05) is 0 Å². The number of benzene rings is 3. The van der Waals surface area contributed by atoms with Crippen LogP contribution in [0.15, 0.2) is 91.0 Å². The second kappa shape index (κ2) is 12.3. The van der Waals surface area contributed by atoms with E-state index in [1.807, 2.05) is 49.4 Å². The van der Waals surface area contributed by atoms with E-state index in [0.717, 1.165) is 25.9 Å². The summed E-state index contributed by atoms with van der Waals surface area (Å²) in [5.41, 5.74) is 9.36. The average Bonchev–Trinajstić information content (AvgIpc) is 3.23. The zero-order valence-corrected chi connectivity index (χ0v) is 19.7. The predicted octanol–water partition coefficient (Wildman–Crippen LogP) is 5.89. The molecule has 4 nitrogen and oxygen atoms in total. The summed E-state index contributed by atoms with van der Waals surface area (Å²) >= 11 is 0. The summed E-state index contributed by atoms with van der Waals surface area (Å²) in [4.78, 5) is 13.9. The molecular formula is C29H36N2O2. The van der Waals surface area contributed by atoms with Gasteiger partial charge >= 0.3 is 5.97 Å². The van der Waals surface area contributed by atoms with Gasteiger partial charge in [-0.25, -0.2) is 0 Å². The SMILES string of the molecule is CC(N)c1ccccc1.C[C@@H]1C[C@H](N(Cc2ccccc2)Cc2ccccc2)C[C@@H]1C(=O)O. The van der Waals surface area contributed by atoms with Crippen molar-refractivity contribution in [3.8, 4) is 0 Å². The van der Waals surface area contributed by atoms with Crippen LogP contribution in [0.2, 0.25) is 0 Å². The van der Waals surface area contributed by atoms with E-state index in [-0.39, 0.29) is 17.9 Å². The van der Waals surface area contributed by atoms with E-state index in [2.05, 4.69) is 60.4 Å². The van der Waals surface area contributed by atoms with Crippen molar-refractivity contribution < 1.29 is 9.90 Å². The Hall–Kier alpha value is -2.95. The van der Waals surface area contributed by atoms with Crippen molar-refractivity contribution in [1.82, 2.24) is 4.90 Å². The fraction of sp³-hybridized carbons (Fsp3) is 0.345. The molecule has 0 bridgehead atoms. The second-order valence-corrected chi connectivity index (χ2v) is 9.12. The number of nitrogens with zero attached hydrogens (tertiary/aromatic N) is 1. The molecule has 3 aromatic carbocycles. The van der Waals surface area contributed by atoms with Crippen LogP contribution in [0.5, 0.6) is 0 Å². The maximum Gasteiger partial charge on any atom is 0.306 e. The van der Waals surface area contributed by atoms with Gasteiger partial charge in [0.25, 0.3) is 0 Å². The standard InChI is InChI=1S/C21H25NO2.C8H11N/c1-16-12-19(13-20(16)21(23)24)22(14-17-8-4-2-5-9-17)15-18-10-6-3-7-11-18;1-7(9)8-5-3-2-4-6-8/h2-11,16,19-20H,12-15H2,1H3,(H,23,24);2-7H,9H2,1H3/t16-,19+,20+;/m1./s1. The highest BCUT2D eigenvalue weighted by Gasteiger charge is 2.38. The highest BCUT2D eigenvalue weighted by molar-refractivity contribution is 5.70. The van der Waals surface area contributed by atoms with Crippen LogP contribution in [0.3, 0.4) is 0 Å². The molecule has 1 unspecified atom stereocenters. The smallest absolute Gasteiger partial charge is 0.306 e. The zero-order chi connectivity index (χ0) is 23.6. The monoisotopic (exact) mass is 444 g/mol. The van der Waals surface area contributed by atoms with Crippen LogP contribution in [0, 0.1) is 11.8 Å². The lowest BCUT2D eigenvalue weighted by molar-refractivity contribution is -0.142. The first-order valence-corrected chi connectivity index (χ1v) is 11.8. The topological polar surface area (TPSA) is 66.6 Å². The van der Waals surface area contributed by atoms with E-state index in [0.29, 0.717) is 6.04 Å². The molecule has 3 N–H and O–H groups in total. The van der Waals surface area contributed by atoms with Crippen LogP contribution in [0.4, 0.5) is 0 Å². The summed E-state index contributed by atoms with van der Waals surface area (Å²) < 4.78 is 0. The molecule has 4 atom stereocenters. The Morgan fingerprint density at radius 1 is 0.879 bits per heavy atom. The number of aliphatic carboxylic acids is 1. The first-order chi connectivity index (χ1) is 15.9. The van der Waals surface area contributed by atoms with Gasteiger partial charge < -0.3 is 10.8 Å². The number of carboxylic acids is 1. The summed E-state index contributed by atoms with van der Waals surface area (Å²) in [7, 11) is 0. The molecule has 1 saturated carbocycles. The van der Waals surface area contributed by atoms with Crippen molar-refractivity contribution in [2.24, 2.45) is 17.6 Å². The Morgan fingerprint density at radius 2 is 1.33 bits per heavy atom. The van der Waals surface area contributed by atoms with Gasteiger partial charge in [0.05, 0.1) is 5.92 Å². The van der Waals surface area contributed by atoms with E-state index < -0.39 is 5.97 Å². The number of hydrogen-bond donors (Lipinski definition) is 2. The minimum atomic E-state index is -0.649. The summed E-state index contributed by atoms with van der Waals surface area (Å²) in [5, 5.41) is 9.44. The fourth-order valence-corrected chi connectivity index (χ4v) is 4.56. The van der Waals surface area contributed by atoms with Crippen LogP contribution in [0.1, 0.15) is 49.4 Å². The molecular weight excluding hydrogens is 408 g/mol. The molecule has 4 heteroatoms. The van der Waals surface area contributed by atoms with Crippen molar-refractivity contribution >= 4 is 5.97 Å². The number of carbonyl (C=O) groups is 1. The molecule has 0 saturated heterocycles. The third-order valence-corrected chi connectivity index (χ3v) is 6.47. The third-order valence-electron chi connectivity index (χ3n) is 6.47. The highest BCUT2D eigenvalue weighted by Crippen LogP contribution is 2.36. The molecule has 0 aromatic heterocycles. The fourth-order valence-electron chi connectivity index (χ4n) is 4.56. The van der Waals surface area contributed by atoms with Gasteiger partial charge in [-0.15, -0.1) is 0 Å². The quantitative estimate of drug-likeness (QED) is 0.476. The normalized spacial score (nSPS) is 20.7. The minimum Gasteiger partial charge on any atom is -0.481 e. The lowest BCUT2D eigenvalue weighted by Crippen LogP contribution is -2.33. The molecule has 33 heavy (non-hydrogen) atoms. The largest absolute Gasteiger partial charge is 0.481 e. The Morgan fingerprint density at radius 3 is 1.70 bits per heavy atom. The molecule has 1 fully saturated rings. The summed E-state index contributed by atoms with van der Waals surface area (Å²) in [5.74, 6) is -0.630. The summed E-state index contributed by atoms with van der Waals surface area (Å²) in [6, 6.07) is 31.4. The molecule has 174 valence electrons. The van der Waals surface area contributed by atoms with Crippen molar-refractivity contribution in [3.05, 3.63) is 108 Å². The van der Waals surface area contributed by atoms with Crippen molar-refractivity contribution in [3.63, 3.8) is 0 Å². The second-order valence-electron chi connectivity index (χ2n) is 9.12. The molecule has 4 rings (SSSR count). The maximum atomic E-state index is 11.5. The number of rotatable bonds is 7. The highest BCUT2D eigenvalue weighted by atomic mass is 16.4. The van der Waals surface area contributed by atoms with E-state index in [1.54, 1.807) is 0 Å². The van der Waals surface area contributed by atoms with Gasteiger partial charge in [0.1, 0.15) is 0 Å².